The highest BCUT2D eigenvalue weighted by atomic mass is 16.1. The smallest absolute Gasteiger partial charge is 0.251 e. The number of fused-ring (bicyclic) bond motifs is 7. The topological polar surface area (TPSA) is 70.1 Å². The number of nitrogens with zero attached hydrogens (tertiary/aromatic N) is 2. The molecule has 0 radical (unpaired) electrons. The van der Waals surface area contributed by atoms with E-state index in [4.69, 9.17) is 0 Å². The second kappa shape index (κ2) is 8.49. The van der Waals surface area contributed by atoms with Crippen LogP contribution in [0.5, 0.6) is 0 Å². The fourth-order valence-electron chi connectivity index (χ4n) is 6.33. The molecule has 172 valence electrons. The third kappa shape index (κ3) is 3.90. The number of hydrogen-bond donors (Lipinski definition) is 2. The van der Waals surface area contributed by atoms with Crippen molar-refractivity contribution in [2.24, 2.45) is 5.92 Å². The van der Waals surface area contributed by atoms with Crippen molar-refractivity contribution < 1.29 is 4.79 Å². The quantitative estimate of drug-likeness (QED) is 0.606. The van der Waals surface area contributed by atoms with E-state index in [0.29, 0.717) is 18.4 Å². The predicted octanol–water partition coefficient (Wildman–Crippen LogP) is 3.45. The molecule has 1 amide bonds. The summed E-state index contributed by atoms with van der Waals surface area (Å²) in [4.78, 5) is 31.2. The number of carbonyl (C=O) groups is 1. The molecule has 1 saturated heterocycles. The Labute approximate surface area is 194 Å². The summed E-state index contributed by atoms with van der Waals surface area (Å²) in [5.41, 5.74) is 5.97. The zero-order valence-corrected chi connectivity index (χ0v) is 19.1. The lowest BCUT2D eigenvalue weighted by molar-refractivity contribution is 0.0927. The first-order valence-corrected chi connectivity index (χ1v) is 12.5. The first-order valence-electron chi connectivity index (χ1n) is 12.5. The Morgan fingerprint density at radius 3 is 2.91 bits per heavy atom. The Balaban J connectivity index is 1.10. The minimum Gasteiger partial charge on any atom is -0.358 e. The SMILES string of the molecule is O=C(NCCN1CC2CC(C1)c1cccc(=O)n1C2)c1ccc2[nH]c3c(c2c1)CCCCC3. The number of likely N-dealkylation sites (tertiary alicyclic amines) is 1. The van der Waals surface area contributed by atoms with Gasteiger partial charge in [-0.2, -0.15) is 0 Å². The third-order valence-corrected chi connectivity index (χ3v) is 7.88. The van der Waals surface area contributed by atoms with Crippen molar-refractivity contribution >= 4 is 16.8 Å². The van der Waals surface area contributed by atoms with E-state index in [0.717, 1.165) is 56.5 Å². The first kappa shape index (κ1) is 20.7. The summed E-state index contributed by atoms with van der Waals surface area (Å²) >= 11 is 0. The van der Waals surface area contributed by atoms with E-state index in [2.05, 4.69) is 33.4 Å². The van der Waals surface area contributed by atoms with Crippen molar-refractivity contribution in [3.63, 3.8) is 0 Å². The van der Waals surface area contributed by atoms with E-state index in [1.54, 1.807) is 6.07 Å². The van der Waals surface area contributed by atoms with Crippen LogP contribution in [0.3, 0.4) is 0 Å². The van der Waals surface area contributed by atoms with Gasteiger partial charge in [-0.25, -0.2) is 0 Å². The Morgan fingerprint density at radius 2 is 1.97 bits per heavy atom. The highest BCUT2D eigenvalue weighted by molar-refractivity contribution is 5.99. The molecule has 1 aliphatic carbocycles. The standard InChI is InChI=1S/C27H32N4O2/c32-26-8-4-7-25-20-13-18(16-31(25)26)15-30(17-20)12-11-28-27(33)19-9-10-24-22(14-19)21-5-2-1-3-6-23(21)29-24/h4,7-10,14,18,20,29H,1-3,5-6,11-13,15-17H2,(H,28,33). The average molecular weight is 445 g/mol. The molecule has 33 heavy (non-hydrogen) atoms. The van der Waals surface area contributed by atoms with Gasteiger partial charge in [0.1, 0.15) is 0 Å². The molecule has 2 bridgehead atoms. The zero-order valence-electron chi connectivity index (χ0n) is 19.1. The predicted molar refractivity (Wildman–Crippen MR) is 130 cm³/mol. The number of benzene rings is 1. The van der Waals surface area contributed by atoms with Crippen LogP contribution >= 0.6 is 0 Å². The molecule has 2 unspecified atom stereocenters. The van der Waals surface area contributed by atoms with Gasteiger partial charge in [0, 0.05) is 72.6 Å². The van der Waals surface area contributed by atoms with E-state index >= 15 is 0 Å². The van der Waals surface area contributed by atoms with Gasteiger partial charge in [0.15, 0.2) is 0 Å². The molecule has 1 fully saturated rings. The van der Waals surface area contributed by atoms with Crippen LogP contribution in [0, 0.1) is 5.92 Å². The number of rotatable bonds is 4. The summed E-state index contributed by atoms with van der Waals surface area (Å²) in [6.07, 6.45) is 7.13. The molecule has 2 N–H and O–H groups in total. The van der Waals surface area contributed by atoms with Gasteiger partial charge in [0.05, 0.1) is 0 Å². The summed E-state index contributed by atoms with van der Waals surface area (Å²) in [6.45, 7) is 4.25. The zero-order chi connectivity index (χ0) is 22.4. The Hall–Kier alpha value is -2.86. The van der Waals surface area contributed by atoms with Crippen LogP contribution in [0.25, 0.3) is 10.9 Å². The number of pyridine rings is 1. The monoisotopic (exact) mass is 444 g/mol. The van der Waals surface area contributed by atoms with Crippen LogP contribution in [-0.4, -0.2) is 46.5 Å². The Bertz CT molecular complexity index is 1260. The minimum absolute atomic E-state index is 0.00886. The van der Waals surface area contributed by atoms with Crippen LogP contribution in [0.15, 0.2) is 41.2 Å². The van der Waals surface area contributed by atoms with Crippen molar-refractivity contribution in [1.82, 2.24) is 19.8 Å². The fraction of sp³-hybridized carbons (Fsp3) is 0.481. The summed E-state index contributed by atoms with van der Waals surface area (Å²) in [7, 11) is 0. The lowest BCUT2D eigenvalue weighted by atomic mass is 9.83. The Kier molecular flexibility index (Phi) is 5.33. The summed E-state index contributed by atoms with van der Waals surface area (Å²) in [5.74, 6) is 0.932. The van der Waals surface area contributed by atoms with Gasteiger partial charge in [-0.05, 0) is 67.9 Å². The molecule has 4 heterocycles. The molecule has 0 saturated carbocycles. The maximum absolute atomic E-state index is 12.9. The van der Waals surface area contributed by atoms with Crippen LogP contribution < -0.4 is 10.9 Å². The molecule has 6 rings (SSSR count). The number of carbonyl (C=O) groups excluding carboxylic acids is 1. The van der Waals surface area contributed by atoms with E-state index < -0.39 is 0 Å². The largest absolute Gasteiger partial charge is 0.358 e. The highest BCUT2D eigenvalue weighted by Gasteiger charge is 2.34. The van der Waals surface area contributed by atoms with Gasteiger partial charge < -0.3 is 19.8 Å². The minimum atomic E-state index is 0.00886. The average Bonchev–Trinajstić information content (AvgIpc) is 2.99. The summed E-state index contributed by atoms with van der Waals surface area (Å²) in [5, 5.41) is 4.36. The molecule has 6 nitrogen and oxygen atoms in total. The maximum Gasteiger partial charge on any atom is 0.251 e. The number of amides is 1. The number of aromatic amines is 1. The van der Waals surface area contributed by atoms with E-state index in [-0.39, 0.29) is 11.5 Å². The molecular formula is C27H32N4O2. The second-order valence-electron chi connectivity index (χ2n) is 10.1. The van der Waals surface area contributed by atoms with E-state index in [1.807, 2.05) is 16.7 Å². The van der Waals surface area contributed by atoms with Gasteiger partial charge >= 0.3 is 0 Å². The number of aryl methyl sites for hydroxylation is 2. The number of nitrogens with one attached hydrogen (secondary N) is 2. The number of H-pyrrole nitrogens is 1. The normalized spacial score (nSPS) is 22.4. The van der Waals surface area contributed by atoms with Gasteiger partial charge in [0.2, 0.25) is 0 Å². The van der Waals surface area contributed by atoms with Crippen molar-refractivity contribution in [1.29, 1.82) is 0 Å². The van der Waals surface area contributed by atoms with Crippen LogP contribution in [-0.2, 0) is 19.4 Å². The molecule has 2 aliphatic heterocycles. The summed E-state index contributed by atoms with van der Waals surface area (Å²) in [6, 6.07) is 11.7. The maximum atomic E-state index is 12.9. The highest BCUT2D eigenvalue weighted by Crippen LogP contribution is 2.34. The van der Waals surface area contributed by atoms with Crippen molar-refractivity contribution in [2.75, 3.05) is 26.2 Å². The van der Waals surface area contributed by atoms with Crippen LogP contribution in [0.4, 0.5) is 0 Å². The number of hydrogen-bond acceptors (Lipinski definition) is 3. The molecule has 1 aromatic carbocycles. The second-order valence-corrected chi connectivity index (χ2v) is 10.1. The van der Waals surface area contributed by atoms with Gasteiger partial charge in [-0.3, -0.25) is 9.59 Å². The molecule has 2 aromatic heterocycles. The van der Waals surface area contributed by atoms with Crippen molar-refractivity contribution in [2.45, 2.75) is 51.0 Å². The van der Waals surface area contributed by atoms with E-state index in [1.165, 1.54) is 41.6 Å². The van der Waals surface area contributed by atoms with Crippen LogP contribution in [0.2, 0.25) is 0 Å². The molecule has 2 atom stereocenters. The van der Waals surface area contributed by atoms with Crippen LogP contribution in [0.1, 0.15) is 58.9 Å². The van der Waals surface area contributed by atoms with E-state index in [9.17, 15) is 9.59 Å². The van der Waals surface area contributed by atoms with Crippen molar-refractivity contribution in [3.05, 3.63) is 69.3 Å². The third-order valence-electron chi connectivity index (χ3n) is 7.88. The lowest BCUT2D eigenvalue weighted by Gasteiger charge is -2.42. The first-order chi connectivity index (χ1) is 16.2. The van der Waals surface area contributed by atoms with Crippen molar-refractivity contribution in [3.8, 4) is 0 Å². The molecular weight excluding hydrogens is 412 g/mol. The molecule has 3 aromatic rings. The molecule has 6 heteroatoms. The molecule has 0 spiro atoms. The Morgan fingerprint density at radius 1 is 1.06 bits per heavy atom. The van der Waals surface area contributed by atoms with Gasteiger partial charge in [-0.1, -0.05) is 12.5 Å². The fourth-order valence-corrected chi connectivity index (χ4v) is 6.33. The number of piperidine rings is 1. The molecule has 3 aliphatic rings. The lowest BCUT2D eigenvalue weighted by Crippen LogP contribution is -2.48. The van der Waals surface area contributed by atoms with Gasteiger partial charge in [0.25, 0.3) is 11.5 Å². The summed E-state index contributed by atoms with van der Waals surface area (Å²) < 4.78 is 1.97. The van der Waals surface area contributed by atoms with Gasteiger partial charge in [-0.15, -0.1) is 0 Å². The number of aromatic nitrogens is 2.